The zero-order valence-corrected chi connectivity index (χ0v) is 17.2. The Balaban J connectivity index is 2.04. The lowest BCUT2D eigenvalue weighted by atomic mass is 9.80. The van der Waals surface area contributed by atoms with Gasteiger partial charge in [-0.2, -0.15) is 26.3 Å². The summed E-state index contributed by atoms with van der Waals surface area (Å²) < 4.78 is 99.2. The van der Waals surface area contributed by atoms with Crippen molar-refractivity contribution in [3.63, 3.8) is 0 Å². The summed E-state index contributed by atoms with van der Waals surface area (Å²) in [6.07, 6.45) is -11.0. The number of hydrogen-bond acceptors (Lipinski definition) is 3. The summed E-state index contributed by atoms with van der Waals surface area (Å²) in [6.45, 7) is 0.586. The highest BCUT2D eigenvalue weighted by atomic mass is 19.4. The third kappa shape index (κ3) is 4.43. The molecular formula is C22H23F7N2O. The van der Waals surface area contributed by atoms with Gasteiger partial charge in [0.15, 0.2) is 0 Å². The van der Waals surface area contributed by atoms with E-state index in [4.69, 9.17) is 10.6 Å². The molecule has 1 aliphatic heterocycles. The number of methoxy groups -OCH3 is 1. The minimum Gasteiger partial charge on any atom is -0.496 e. The van der Waals surface area contributed by atoms with Crippen LogP contribution in [0.4, 0.5) is 30.7 Å². The summed E-state index contributed by atoms with van der Waals surface area (Å²) in [5.41, 5.74) is -6.08. The van der Waals surface area contributed by atoms with Crippen LogP contribution in [0.1, 0.15) is 35.6 Å². The molecule has 2 aromatic rings. The van der Waals surface area contributed by atoms with E-state index in [1.54, 1.807) is 5.01 Å². The van der Waals surface area contributed by atoms with Crippen LogP contribution in [0.3, 0.4) is 0 Å². The van der Waals surface area contributed by atoms with E-state index in [1.807, 2.05) is 30.3 Å². The predicted molar refractivity (Wildman–Crippen MR) is 104 cm³/mol. The highest BCUT2D eigenvalue weighted by molar-refractivity contribution is 5.41. The van der Waals surface area contributed by atoms with Gasteiger partial charge in [-0.05, 0) is 48.4 Å². The zero-order valence-electron chi connectivity index (χ0n) is 17.2. The molecule has 2 unspecified atom stereocenters. The molecule has 1 saturated heterocycles. The molecule has 1 heterocycles. The smallest absolute Gasteiger partial charge is 0.435 e. The van der Waals surface area contributed by atoms with Gasteiger partial charge in [0.05, 0.1) is 13.2 Å². The average molecular weight is 464 g/mol. The Morgan fingerprint density at radius 1 is 0.969 bits per heavy atom. The number of ether oxygens (including phenoxy) is 1. The first-order valence-corrected chi connectivity index (χ1v) is 9.96. The van der Waals surface area contributed by atoms with Gasteiger partial charge in [-0.3, -0.25) is 5.84 Å². The number of benzene rings is 2. The lowest BCUT2D eigenvalue weighted by molar-refractivity contribution is -0.348. The van der Waals surface area contributed by atoms with E-state index in [9.17, 15) is 30.7 Å². The van der Waals surface area contributed by atoms with Crippen LogP contribution in [0, 0.1) is 5.92 Å². The number of nitrogens with zero attached hydrogens (tertiary/aromatic N) is 1. The summed E-state index contributed by atoms with van der Waals surface area (Å²) in [5, 5.41) is 1.62. The number of hydrogen-bond donors (Lipinski definition) is 1. The Bertz CT molecular complexity index is 901. The van der Waals surface area contributed by atoms with Gasteiger partial charge in [0, 0.05) is 12.1 Å². The molecule has 0 aromatic heterocycles. The molecular weight excluding hydrogens is 441 g/mol. The zero-order chi connectivity index (χ0) is 23.7. The minimum absolute atomic E-state index is 0.0572. The second-order valence-electron chi connectivity index (χ2n) is 7.88. The molecule has 3 nitrogen and oxygen atoms in total. The van der Waals surface area contributed by atoms with E-state index in [0.717, 1.165) is 11.6 Å². The number of halogens is 7. The fourth-order valence-corrected chi connectivity index (χ4v) is 4.35. The Morgan fingerprint density at radius 2 is 1.59 bits per heavy atom. The van der Waals surface area contributed by atoms with Gasteiger partial charge in [0.25, 0.3) is 0 Å². The van der Waals surface area contributed by atoms with Gasteiger partial charge in [0.2, 0.25) is 0 Å². The molecule has 2 N–H and O–H groups in total. The van der Waals surface area contributed by atoms with Gasteiger partial charge in [-0.25, -0.2) is 9.40 Å². The third-order valence-electron chi connectivity index (χ3n) is 5.88. The van der Waals surface area contributed by atoms with Gasteiger partial charge < -0.3 is 4.74 Å². The molecule has 2 atom stereocenters. The Labute approximate surface area is 180 Å². The molecule has 0 saturated carbocycles. The molecule has 3 rings (SSSR count). The highest BCUT2D eigenvalue weighted by Crippen LogP contribution is 2.53. The quantitative estimate of drug-likeness (QED) is 0.446. The Kier molecular flexibility index (Phi) is 6.76. The lowest BCUT2D eigenvalue weighted by Gasteiger charge is -2.39. The van der Waals surface area contributed by atoms with Gasteiger partial charge >= 0.3 is 18.0 Å². The van der Waals surface area contributed by atoms with Crippen molar-refractivity contribution in [1.82, 2.24) is 5.01 Å². The maximum Gasteiger partial charge on any atom is 0.435 e. The highest BCUT2D eigenvalue weighted by Gasteiger charge is 2.73. The second-order valence-corrected chi connectivity index (χ2v) is 7.88. The van der Waals surface area contributed by atoms with E-state index in [2.05, 4.69) is 0 Å². The van der Waals surface area contributed by atoms with Crippen molar-refractivity contribution >= 4 is 0 Å². The molecule has 0 radical (unpaired) electrons. The van der Waals surface area contributed by atoms with Crippen molar-refractivity contribution in [3.8, 4) is 5.75 Å². The Morgan fingerprint density at radius 3 is 2.16 bits per heavy atom. The monoisotopic (exact) mass is 464 g/mol. The molecule has 1 fully saturated rings. The molecule has 32 heavy (non-hydrogen) atoms. The van der Waals surface area contributed by atoms with Crippen LogP contribution >= 0.6 is 0 Å². The molecule has 0 spiro atoms. The van der Waals surface area contributed by atoms with Crippen molar-refractivity contribution < 1.29 is 35.5 Å². The SMILES string of the molecule is COc1ccc(C(F)(C(F)(F)F)C(F)(F)F)cc1CC1CCCN(N)C1c1ccccc1. The molecule has 176 valence electrons. The van der Waals surface area contributed by atoms with Crippen LogP contribution in [-0.4, -0.2) is 31.0 Å². The maximum atomic E-state index is 14.6. The third-order valence-corrected chi connectivity index (χ3v) is 5.88. The van der Waals surface area contributed by atoms with Crippen molar-refractivity contribution in [3.05, 3.63) is 65.2 Å². The summed E-state index contributed by atoms with van der Waals surface area (Å²) in [6, 6.07) is 10.9. The van der Waals surface area contributed by atoms with E-state index in [-0.39, 0.29) is 29.7 Å². The number of alkyl halides is 7. The van der Waals surface area contributed by atoms with Gasteiger partial charge in [-0.15, -0.1) is 0 Å². The average Bonchev–Trinajstić information content (AvgIpc) is 2.72. The normalized spacial score (nSPS) is 20.9. The van der Waals surface area contributed by atoms with Crippen LogP contribution in [0.5, 0.6) is 5.75 Å². The summed E-state index contributed by atoms with van der Waals surface area (Å²) in [5.74, 6) is 6.04. The second kappa shape index (κ2) is 8.90. The fourth-order valence-electron chi connectivity index (χ4n) is 4.35. The van der Waals surface area contributed by atoms with Crippen molar-refractivity contribution in [2.24, 2.45) is 11.8 Å². The largest absolute Gasteiger partial charge is 0.496 e. The van der Waals surface area contributed by atoms with E-state index >= 15 is 0 Å². The number of hydrazine groups is 1. The maximum absolute atomic E-state index is 14.6. The van der Waals surface area contributed by atoms with Crippen LogP contribution in [0.15, 0.2) is 48.5 Å². The summed E-state index contributed by atoms with van der Waals surface area (Å²) in [4.78, 5) is 0. The first-order valence-electron chi connectivity index (χ1n) is 9.96. The number of nitrogens with two attached hydrogens (primary N) is 1. The van der Waals surface area contributed by atoms with Crippen LogP contribution < -0.4 is 10.6 Å². The summed E-state index contributed by atoms with van der Waals surface area (Å²) in [7, 11) is 1.25. The molecule has 0 amide bonds. The van der Waals surface area contributed by atoms with Crippen molar-refractivity contribution in [2.75, 3.05) is 13.7 Å². The molecule has 0 aliphatic carbocycles. The van der Waals surface area contributed by atoms with Gasteiger partial charge in [-0.1, -0.05) is 36.4 Å². The van der Waals surface area contributed by atoms with Crippen LogP contribution in [0.25, 0.3) is 0 Å². The molecule has 2 aromatic carbocycles. The number of piperidine rings is 1. The summed E-state index contributed by atoms with van der Waals surface area (Å²) >= 11 is 0. The predicted octanol–water partition coefficient (Wildman–Crippen LogP) is 5.85. The number of rotatable bonds is 5. The fraction of sp³-hybridized carbons (Fsp3) is 0.455. The topological polar surface area (TPSA) is 38.5 Å². The van der Waals surface area contributed by atoms with Crippen molar-refractivity contribution in [2.45, 2.75) is 43.3 Å². The van der Waals surface area contributed by atoms with E-state index in [1.165, 1.54) is 7.11 Å². The van der Waals surface area contributed by atoms with Crippen LogP contribution in [0.2, 0.25) is 0 Å². The molecule has 0 bridgehead atoms. The van der Waals surface area contributed by atoms with E-state index in [0.29, 0.717) is 31.5 Å². The first-order chi connectivity index (χ1) is 14.9. The Hall–Kier alpha value is -2.33. The van der Waals surface area contributed by atoms with Crippen molar-refractivity contribution in [1.29, 1.82) is 0 Å². The minimum atomic E-state index is -6.18. The van der Waals surface area contributed by atoms with Crippen LogP contribution in [-0.2, 0) is 12.1 Å². The molecule has 1 aliphatic rings. The standard InChI is InChI=1S/C22H23F7N2O/c1-32-18-10-9-17(20(23,21(24,25)26)22(27,28)29)13-16(18)12-15-8-5-11-31(30)19(15)14-6-3-2-4-7-14/h2-4,6-7,9-10,13,15,19H,5,8,11-12,30H2,1H3. The molecule has 10 heteroatoms. The van der Waals surface area contributed by atoms with E-state index < -0.39 is 23.6 Å². The first kappa shape index (κ1) is 24.3. The lowest BCUT2D eigenvalue weighted by Crippen LogP contribution is -2.50. The van der Waals surface area contributed by atoms with Gasteiger partial charge in [0.1, 0.15) is 5.75 Å².